The molecule has 0 bridgehead atoms. The van der Waals surface area contributed by atoms with Gasteiger partial charge < -0.3 is 19.3 Å². The number of rotatable bonds is 20. The maximum atomic E-state index is 11.7. The van der Waals surface area contributed by atoms with Gasteiger partial charge in [-0.2, -0.15) is 0 Å². The summed E-state index contributed by atoms with van der Waals surface area (Å²) < 4.78 is 44.7. The van der Waals surface area contributed by atoms with Crippen LogP contribution in [0.5, 0.6) is 0 Å². The molecule has 0 aromatic heterocycles. The Balaban J connectivity index is 0. The molecule has 0 heterocycles. The van der Waals surface area contributed by atoms with Crippen LogP contribution >= 0.6 is 0 Å². The van der Waals surface area contributed by atoms with E-state index in [1.807, 2.05) is 0 Å². The average Bonchev–Trinajstić information content (AvgIpc) is 2.61. The molecule has 0 spiro atoms. The summed E-state index contributed by atoms with van der Waals surface area (Å²) in [5, 5.41) is 2.81. The van der Waals surface area contributed by atoms with Gasteiger partial charge >= 0.3 is 29.6 Å². The predicted molar refractivity (Wildman–Crippen MR) is 102 cm³/mol. The number of amides is 1. The molecular formula is C18H36NNaO7S. The van der Waals surface area contributed by atoms with Gasteiger partial charge in [0.15, 0.2) is 0 Å². The van der Waals surface area contributed by atoms with Crippen LogP contribution in [0.25, 0.3) is 0 Å². The van der Waals surface area contributed by atoms with Gasteiger partial charge in [0.25, 0.3) is 0 Å². The van der Waals surface area contributed by atoms with Gasteiger partial charge in [0.05, 0.1) is 33.0 Å². The monoisotopic (exact) mass is 433 g/mol. The molecule has 0 atom stereocenters. The second kappa shape index (κ2) is 22.0. The molecule has 8 nitrogen and oxygen atoms in total. The largest absolute Gasteiger partial charge is 1.00 e. The topological polar surface area (TPSA) is 114 Å². The smallest absolute Gasteiger partial charge is 0.726 e. The third kappa shape index (κ3) is 26.3. The number of carbonyl (C=O) groups is 1. The first-order valence-corrected chi connectivity index (χ1v) is 11.3. The maximum Gasteiger partial charge on any atom is 1.00 e. The van der Waals surface area contributed by atoms with Crippen LogP contribution in [-0.2, 0) is 28.9 Å². The van der Waals surface area contributed by atoms with Crippen molar-refractivity contribution in [3.05, 3.63) is 0 Å². The van der Waals surface area contributed by atoms with E-state index in [1.165, 1.54) is 44.9 Å². The van der Waals surface area contributed by atoms with E-state index in [1.54, 1.807) is 0 Å². The number of carbonyl (C=O) groups excluding carboxylic acids is 1. The summed E-state index contributed by atoms with van der Waals surface area (Å²) in [5.74, 6) is 0.0498. The van der Waals surface area contributed by atoms with Gasteiger partial charge in [0.1, 0.15) is 0 Å². The number of unbranched alkanes of at least 4 members (excludes halogenated alkanes) is 8. The van der Waals surface area contributed by atoms with Crippen LogP contribution in [0, 0.1) is 0 Å². The molecule has 162 valence electrons. The summed E-state index contributed by atoms with van der Waals surface area (Å²) in [4.78, 5) is 11.7. The Bertz CT molecular complexity index is 449. The van der Waals surface area contributed by atoms with E-state index in [0.29, 0.717) is 26.2 Å². The standard InChI is InChI=1S/C18H37NO7S.Na/c1-2-3-4-5-6-7-8-9-10-11-18(20)19-12-13-24-14-15-25-16-17-26-27(21,22)23;/h2-17H2,1H3,(H,19,20)(H,21,22,23);/q;+1/p-1. The molecule has 0 radical (unpaired) electrons. The Hall–Kier alpha value is 0.260. The Morgan fingerprint density at radius 1 is 0.821 bits per heavy atom. The summed E-state index contributed by atoms with van der Waals surface area (Å²) in [6.07, 6.45) is 11.6. The molecule has 28 heavy (non-hydrogen) atoms. The fourth-order valence-electron chi connectivity index (χ4n) is 2.46. The Kier molecular flexibility index (Phi) is 23.9. The van der Waals surface area contributed by atoms with Crippen molar-refractivity contribution >= 4 is 16.3 Å². The molecule has 0 aromatic rings. The molecule has 1 N–H and O–H groups in total. The van der Waals surface area contributed by atoms with Gasteiger partial charge in [0, 0.05) is 13.0 Å². The fraction of sp³-hybridized carbons (Fsp3) is 0.944. The van der Waals surface area contributed by atoms with Crippen molar-refractivity contribution in [3.8, 4) is 0 Å². The SMILES string of the molecule is CCCCCCCCCCCC(=O)NCCOCCOCCOS(=O)(=O)[O-].[Na+]. The molecule has 0 aliphatic heterocycles. The number of ether oxygens (including phenoxy) is 2. The van der Waals surface area contributed by atoms with Gasteiger partial charge in [-0.15, -0.1) is 0 Å². The molecule has 10 heteroatoms. The van der Waals surface area contributed by atoms with Gasteiger partial charge in [0.2, 0.25) is 16.3 Å². The van der Waals surface area contributed by atoms with E-state index in [4.69, 9.17) is 9.47 Å². The zero-order valence-corrected chi connectivity index (χ0v) is 20.4. The fourth-order valence-corrected chi connectivity index (χ4v) is 2.74. The van der Waals surface area contributed by atoms with Crippen LogP contribution in [0.1, 0.15) is 71.1 Å². The van der Waals surface area contributed by atoms with Crippen LogP contribution in [0.2, 0.25) is 0 Å². The molecule has 0 saturated heterocycles. The molecule has 0 aliphatic rings. The van der Waals surface area contributed by atoms with E-state index in [2.05, 4.69) is 16.4 Å². The van der Waals surface area contributed by atoms with Crippen molar-refractivity contribution in [3.63, 3.8) is 0 Å². The van der Waals surface area contributed by atoms with E-state index < -0.39 is 10.4 Å². The zero-order chi connectivity index (χ0) is 20.2. The summed E-state index contributed by atoms with van der Waals surface area (Å²) in [6.45, 7) is 3.33. The summed E-state index contributed by atoms with van der Waals surface area (Å²) >= 11 is 0. The quantitative estimate of drug-likeness (QED) is 0.120. The summed E-state index contributed by atoms with van der Waals surface area (Å²) in [6, 6.07) is 0. The van der Waals surface area contributed by atoms with E-state index in [9.17, 15) is 17.8 Å². The molecule has 1 amide bonds. The van der Waals surface area contributed by atoms with Crippen molar-refractivity contribution in [2.24, 2.45) is 0 Å². The van der Waals surface area contributed by atoms with E-state index >= 15 is 0 Å². The summed E-state index contributed by atoms with van der Waals surface area (Å²) in [5.41, 5.74) is 0. The molecule has 0 aliphatic carbocycles. The molecule has 0 fully saturated rings. The molecule has 0 saturated carbocycles. The van der Waals surface area contributed by atoms with Crippen molar-refractivity contribution in [1.82, 2.24) is 5.32 Å². The Labute approximate surface area is 192 Å². The minimum absolute atomic E-state index is 0. The van der Waals surface area contributed by atoms with Gasteiger partial charge in [-0.25, -0.2) is 8.42 Å². The van der Waals surface area contributed by atoms with Crippen LogP contribution in [0.4, 0.5) is 0 Å². The Morgan fingerprint density at radius 2 is 1.32 bits per heavy atom. The minimum atomic E-state index is -4.65. The van der Waals surface area contributed by atoms with Crippen LogP contribution in [-0.4, -0.2) is 58.5 Å². The predicted octanol–water partition coefficient (Wildman–Crippen LogP) is -0.462. The van der Waals surface area contributed by atoms with Gasteiger partial charge in [-0.1, -0.05) is 58.3 Å². The molecule has 0 rings (SSSR count). The first kappa shape index (κ1) is 30.5. The third-order valence-electron chi connectivity index (χ3n) is 3.90. The second-order valence-corrected chi connectivity index (χ2v) is 7.44. The molecule has 0 aromatic carbocycles. The van der Waals surface area contributed by atoms with Crippen molar-refractivity contribution < 1.29 is 61.0 Å². The van der Waals surface area contributed by atoms with Crippen LogP contribution in [0.3, 0.4) is 0 Å². The first-order chi connectivity index (χ1) is 13.0. The Morgan fingerprint density at radius 3 is 1.89 bits per heavy atom. The first-order valence-electron chi connectivity index (χ1n) is 9.98. The van der Waals surface area contributed by atoms with E-state index in [0.717, 1.165) is 12.8 Å². The van der Waals surface area contributed by atoms with Gasteiger partial charge in [-0.05, 0) is 6.42 Å². The zero-order valence-electron chi connectivity index (χ0n) is 17.6. The minimum Gasteiger partial charge on any atom is -0.726 e. The normalized spacial score (nSPS) is 11.2. The second-order valence-electron chi connectivity index (χ2n) is 6.38. The van der Waals surface area contributed by atoms with Crippen molar-refractivity contribution in [2.75, 3.05) is 39.6 Å². The van der Waals surface area contributed by atoms with E-state index in [-0.39, 0.29) is 55.3 Å². The van der Waals surface area contributed by atoms with Gasteiger partial charge in [-0.3, -0.25) is 8.98 Å². The third-order valence-corrected chi connectivity index (χ3v) is 4.36. The summed E-state index contributed by atoms with van der Waals surface area (Å²) in [7, 11) is -4.65. The van der Waals surface area contributed by atoms with Crippen molar-refractivity contribution in [1.29, 1.82) is 0 Å². The molecule has 0 unspecified atom stereocenters. The number of nitrogens with one attached hydrogen (secondary N) is 1. The van der Waals surface area contributed by atoms with Crippen LogP contribution in [0.15, 0.2) is 0 Å². The molecular weight excluding hydrogens is 397 g/mol. The average molecular weight is 434 g/mol. The van der Waals surface area contributed by atoms with Crippen molar-refractivity contribution in [2.45, 2.75) is 71.1 Å². The number of hydrogen-bond acceptors (Lipinski definition) is 7. The number of hydrogen-bond donors (Lipinski definition) is 1. The maximum absolute atomic E-state index is 11.7. The van der Waals surface area contributed by atoms with Crippen LogP contribution < -0.4 is 34.9 Å².